The molecule has 6 nitrogen and oxygen atoms in total. The molecule has 1 aliphatic heterocycles. The van der Waals surface area contributed by atoms with E-state index in [-0.39, 0.29) is 11.9 Å². The smallest absolute Gasteiger partial charge is 0.313 e. The van der Waals surface area contributed by atoms with Crippen LogP contribution in [0, 0.1) is 0 Å². The van der Waals surface area contributed by atoms with Crippen molar-refractivity contribution in [1.82, 2.24) is 5.32 Å². The monoisotopic (exact) mass is 479 g/mol. The Morgan fingerprint density at radius 2 is 1.85 bits per heavy atom. The van der Waals surface area contributed by atoms with Gasteiger partial charge in [0.2, 0.25) is 0 Å². The Balaban J connectivity index is 1.39. The Kier molecular flexibility index (Phi) is 7.70. The van der Waals surface area contributed by atoms with Gasteiger partial charge in [-0.3, -0.25) is 9.59 Å². The molecular weight excluding hydrogens is 454 g/mol. The van der Waals surface area contributed by atoms with Crippen LogP contribution in [0.1, 0.15) is 40.7 Å². The van der Waals surface area contributed by atoms with E-state index in [0.29, 0.717) is 59.6 Å². The number of hydrogen-bond acceptors (Lipinski definition) is 5. The van der Waals surface area contributed by atoms with Gasteiger partial charge in [0, 0.05) is 23.7 Å². The van der Waals surface area contributed by atoms with E-state index in [1.165, 1.54) is 5.56 Å². The van der Waals surface area contributed by atoms with Gasteiger partial charge in [0.25, 0.3) is 5.91 Å². The van der Waals surface area contributed by atoms with Crippen LogP contribution in [-0.2, 0) is 16.0 Å². The molecule has 1 unspecified atom stereocenters. The van der Waals surface area contributed by atoms with Crippen LogP contribution < -0.4 is 14.8 Å². The quantitative estimate of drug-likeness (QED) is 0.430. The Hall–Kier alpha value is -3.51. The first-order valence-corrected chi connectivity index (χ1v) is 11.7. The minimum absolute atomic E-state index is 0.146. The summed E-state index contributed by atoms with van der Waals surface area (Å²) in [6.45, 7) is 3.06. The lowest BCUT2D eigenvalue weighted by Gasteiger charge is -2.25. The van der Waals surface area contributed by atoms with Crippen molar-refractivity contribution in [3.63, 3.8) is 0 Å². The molecule has 1 atom stereocenters. The van der Waals surface area contributed by atoms with Crippen LogP contribution in [0.25, 0.3) is 0 Å². The zero-order valence-electron chi connectivity index (χ0n) is 18.9. The number of nitrogens with one attached hydrogen (secondary N) is 1. The maximum Gasteiger partial charge on any atom is 0.313 e. The van der Waals surface area contributed by atoms with Crippen LogP contribution in [0.3, 0.4) is 0 Å². The van der Waals surface area contributed by atoms with Crippen molar-refractivity contribution in [3.05, 3.63) is 88.4 Å². The molecule has 0 radical (unpaired) electrons. The van der Waals surface area contributed by atoms with Gasteiger partial charge in [0.05, 0.1) is 24.2 Å². The zero-order valence-corrected chi connectivity index (χ0v) is 19.6. The molecule has 34 heavy (non-hydrogen) atoms. The molecule has 1 heterocycles. The molecule has 3 aromatic carbocycles. The van der Waals surface area contributed by atoms with Crippen LogP contribution >= 0.6 is 11.6 Å². The van der Waals surface area contributed by atoms with Gasteiger partial charge in [-0.05, 0) is 55.7 Å². The molecule has 0 bridgehead atoms. The number of amides is 1. The van der Waals surface area contributed by atoms with Gasteiger partial charge in [0.1, 0.15) is 17.2 Å². The number of carbonyl (C=O) groups is 2. The number of esters is 1. The van der Waals surface area contributed by atoms with Crippen LogP contribution in [0.15, 0.2) is 66.7 Å². The van der Waals surface area contributed by atoms with Crippen molar-refractivity contribution < 1.29 is 23.8 Å². The molecule has 176 valence electrons. The van der Waals surface area contributed by atoms with Crippen LogP contribution in [0.5, 0.6) is 17.2 Å². The van der Waals surface area contributed by atoms with E-state index < -0.39 is 5.92 Å². The summed E-state index contributed by atoms with van der Waals surface area (Å²) in [5.41, 5.74) is 2.41. The SMILES string of the molecule is CCOC(=O)C1CCOc2cc(Oc3ccc(C(=O)NCCc4ccccc4)cc3)c(Cl)cc21. The first kappa shape index (κ1) is 23.6. The highest BCUT2D eigenvalue weighted by Gasteiger charge is 2.30. The van der Waals surface area contributed by atoms with E-state index in [1.807, 2.05) is 30.3 Å². The summed E-state index contributed by atoms with van der Waals surface area (Å²) in [7, 11) is 0. The first-order valence-electron chi connectivity index (χ1n) is 11.3. The average Bonchev–Trinajstić information content (AvgIpc) is 2.85. The van der Waals surface area contributed by atoms with Gasteiger partial charge < -0.3 is 19.5 Å². The molecule has 1 amide bonds. The lowest BCUT2D eigenvalue weighted by atomic mass is 9.93. The molecule has 7 heteroatoms. The molecule has 0 aromatic heterocycles. The van der Waals surface area contributed by atoms with Gasteiger partial charge in [0.15, 0.2) is 0 Å². The largest absolute Gasteiger partial charge is 0.493 e. The Bertz CT molecular complexity index is 1150. The molecule has 1 aliphatic rings. The average molecular weight is 480 g/mol. The maximum atomic E-state index is 12.4. The molecule has 4 rings (SSSR count). The fourth-order valence-corrected chi connectivity index (χ4v) is 4.03. The fourth-order valence-electron chi connectivity index (χ4n) is 3.82. The molecule has 3 aromatic rings. The van der Waals surface area contributed by atoms with E-state index in [0.717, 1.165) is 6.42 Å². The maximum absolute atomic E-state index is 12.4. The second kappa shape index (κ2) is 11.1. The predicted molar refractivity (Wildman–Crippen MR) is 130 cm³/mol. The molecule has 0 fully saturated rings. The van der Waals surface area contributed by atoms with Crippen LogP contribution in [0.4, 0.5) is 0 Å². The number of ether oxygens (including phenoxy) is 3. The van der Waals surface area contributed by atoms with Crippen LogP contribution in [-0.4, -0.2) is 31.6 Å². The number of halogens is 1. The Morgan fingerprint density at radius 3 is 2.59 bits per heavy atom. The third kappa shape index (κ3) is 5.69. The number of carbonyl (C=O) groups excluding carboxylic acids is 2. The summed E-state index contributed by atoms with van der Waals surface area (Å²) in [6, 6.07) is 20.2. The van der Waals surface area contributed by atoms with Crippen LogP contribution in [0.2, 0.25) is 5.02 Å². The number of fused-ring (bicyclic) bond motifs is 1. The van der Waals surface area contributed by atoms with Crippen molar-refractivity contribution >= 4 is 23.5 Å². The van der Waals surface area contributed by atoms with Gasteiger partial charge in [-0.15, -0.1) is 0 Å². The molecule has 1 N–H and O–H groups in total. The van der Waals surface area contributed by atoms with Crippen molar-refractivity contribution in [3.8, 4) is 17.2 Å². The predicted octanol–water partition coefficient (Wildman–Crippen LogP) is 5.53. The highest BCUT2D eigenvalue weighted by molar-refractivity contribution is 6.32. The standard InChI is InChI=1S/C27H26ClNO5/c1-2-32-27(31)21-13-15-33-24-17-25(23(28)16-22(21)24)34-20-10-8-19(9-11-20)26(30)29-14-12-18-6-4-3-5-7-18/h3-11,16-17,21H,2,12-15H2,1H3,(H,29,30). The second-order valence-electron chi connectivity index (χ2n) is 7.88. The second-order valence-corrected chi connectivity index (χ2v) is 8.29. The lowest BCUT2D eigenvalue weighted by molar-refractivity contribution is -0.145. The Labute approximate surface area is 203 Å². The fraction of sp³-hybridized carbons (Fsp3) is 0.259. The summed E-state index contributed by atoms with van der Waals surface area (Å²) in [6.07, 6.45) is 1.31. The summed E-state index contributed by atoms with van der Waals surface area (Å²) in [5, 5.41) is 3.29. The summed E-state index contributed by atoms with van der Waals surface area (Å²) in [5.74, 6) is 0.653. The normalized spacial score (nSPS) is 14.5. The highest BCUT2D eigenvalue weighted by Crippen LogP contribution is 2.42. The van der Waals surface area contributed by atoms with Gasteiger partial charge in [-0.2, -0.15) is 0 Å². The van der Waals surface area contributed by atoms with E-state index >= 15 is 0 Å². The summed E-state index contributed by atoms with van der Waals surface area (Å²) < 4.78 is 16.8. The van der Waals surface area contributed by atoms with Gasteiger partial charge in [-0.25, -0.2) is 0 Å². The first-order chi connectivity index (χ1) is 16.5. The third-order valence-corrected chi connectivity index (χ3v) is 5.86. The van der Waals surface area contributed by atoms with Crippen molar-refractivity contribution in [2.45, 2.75) is 25.7 Å². The summed E-state index contributed by atoms with van der Waals surface area (Å²) in [4.78, 5) is 24.7. The Morgan fingerprint density at radius 1 is 1.09 bits per heavy atom. The minimum atomic E-state index is -0.407. The topological polar surface area (TPSA) is 73.9 Å². The lowest BCUT2D eigenvalue weighted by Crippen LogP contribution is -2.25. The number of rotatable bonds is 8. The summed E-state index contributed by atoms with van der Waals surface area (Å²) >= 11 is 6.45. The van der Waals surface area contributed by atoms with E-state index in [4.69, 9.17) is 25.8 Å². The molecule has 0 saturated heterocycles. The van der Waals surface area contributed by atoms with E-state index in [2.05, 4.69) is 5.32 Å². The molecule has 0 spiro atoms. The third-order valence-electron chi connectivity index (χ3n) is 5.56. The molecular formula is C27H26ClNO5. The molecule has 0 aliphatic carbocycles. The number of hydrogen-bond donors (Lipinski definition) is 1. The van der Waals surface area contributed by atoms with Gasteiger partial charge >= 0.3 is 5.97 Å². The van der Waals surface area contributed by atoms with Crippen molar-refractivity contribution in [2.75, 3.05) is 19.8 Å². The van der Waals surface area contributed by atoms with Crippen molar-refractivity contribution in [2.24, 2.45) is 0 Å². The minimum Gasteiger partial charge on any atom is -0.493 e. The highest BCUT2D eigenvalue weighted by atomic mass is 35.5. The van der Waals surface area contributed by atoms with E-state index in [9.17, 15) is 9.59 Å². The van der Waals surface area contributed by atoms with Crippen molar-refractivity contribution in [1.29, 1.82) is 0 Å². The van der Waals surface area contributed by atoms with Gasteiger partial charge in [-0.1, -0.05) is 41.9 Å². The van der Waals surface area contributed by atoms with E-state index in [1.54, 1.807) is 43.3 Å². The molecule has 0 saturated carbocycles. The number of benzene rings is 3. The zero-order chi connectivity index (χ0) is 23.9.